The van der Waals surface area contributed by atoms with Gasteiger partial charge in [0.25, 0.3) is 5.56 Å². The van der Waals surface area contributed by atoms with Crippen LogP contribution in [0.2, 0.25) is 0 Å². The summed E-state index contributed by atoms with van der Waals surface area (Å²) < 4.78 is 1.52. The molecule has 35 heavy (non-hydrogen) atoms. The van der Waals surface area contributed by atoms with E-state index in [1.807, 2.05) is 18.2 Å². The molecule has 3 N–H and O–H groups in total. The zero-order chi connectivity index (χ0) is 24.2. The molecule has 1 aliphatic carbocycles. The first-order valence-electron chi connectivity index (χ1n) is 11.6. The molecule has 0 spiro atoms. The molecular formula is C26H25N5O3S. The van der Waals surface area contributed by atoms with E-state index in [4.69, 9.17) is 0 Å². The number of nitrogens with one attached hydrogen (secondary N) is 3. The van der Waals surface area contributed by atoms with Crippen LogP contribution >= 0.6 is 11.3 Å². The molecule has 0 atom stereocenters. The minimum absolute atomic E-state index is 0.0715. The van der Waals surface area contributed by atoms with E-state index in [0.717, 1.165) is 41.5 Å². The highest BCUT2D eigenvalue weighted by Gasteiger charge is 2.20. The van der Waals surface area contributed by atoms with Gasteiger partial charge in [-0.3, -0.25) is 14.2 Å². The number of nitrogens with zero attached hydrogens (tertiary/aromatic N) is 2. The number of hydrogen-bond donors (Lipinski definition) is 3. The number of carbonyl (C=O) groups is 2. The SMILES string of the molecule is O=C(CCn1cnc2sc3c(c2c1=O)CCCC3)Nc1cccc(NC(=O)Nc2ccccc2)c1. The Bertz CT molecular complexity index is 1440. The smallest absolute Gasteiger partial charge is 0.323 e. The average Bonchev–Trinajstić information content (AvgIpc) is 3.24. The van der Waals surface area contributed by atoms with Gasteiger partial charge in [-0.15, -0.1) is 11.3 Å². The van der Waals surface area contributed by atoms with Gasteiger partial charge in [0.05, 0.1) is 11.7 Å². The van der Waals surface area contributed by atoms with Crippen LogP contribution in [0.1, 0.15) is 29.7 Å². The summed E-state index contributed by atoms with van der Waals surface area (Å²) in [5.74, 6) is -0.227. The molecule has 8 nitrogen and oxygen atoms in total. The second-order valence-corrected chi connectivity index (χ2v) is 9.54. The fourth-order valence-electron chi connectivity index (χ4n) is 4.28. The van der Waals surface area contributed by atoms with E-state index >= 15 is 0 Å². The fourth-order valence-corrected chi connectivity index (χ4v) is 5.50. The van der Waals surface area contributed by atoms with Crippen molar-refractivity contribution in [3.05, 3.63) is 81.7 Å². The van der Waals surface area contributed by atoms with Crippen LogP contribution in [0, 0.1) is 0 Å². The Hall–Kier alpha value is -3.98. The van der Waals surface area contributed by atoms with Crippen molar-refractivity contribution >= 4 is 50.6 Å². The van der Waals surface area contributed by atoms with Gasteiger partial charge in [-0.25, -0.2) is 9.78 Å². The van der Waals surface area contributed by atoms with Crippen LogP contribution in [0.25, 0.3) is 10.2 Å². The van der Waals surface area contributed by atoms with Gasteiger partial charge in [0.15, 0.2) is 0 Å². The number of urea groups is 1. The number of para-hydroxylation sites is 1. The minimum Gasteiger partial charge on any atom is -0.326 e. The summed E-state index contributed by atoms with van der Waals surface area (Å²) in [5, 5.41) is 9.06. The summed E-state index contributed by atoms with van der Waals surface area (Å²) in [4.78, 5) is 44.4. The molecule has 9 heteroatoms. The number of anilines is 3. The van der Waals surface area contributed by atoms with E-state index in [0.29, 0.717) is 17.1 Å². The molecule has 0 radical (unpaired) electrons. The van der Waals surface area contributed by atoms with Crippen LogP contribution in [0.15, 0.2) is 65.7 Å². The average molecular weight is 488 g/mol. The highest BCUT2D eigenvalue weighted by molar-refractivity contribution is 7.18. The lowest BCUT2D eigenvalue weighted by Gasteiger charge is -2.11. The Kier molecular flexibility index (Phi) is 6.58. The molecular weight excluding hydrogens is 462 g/mol. The lowest BCUT2D eigenvalue weighted by molar-refractivity contribution is -0.116. The topological polar surface area (TPSA) is 105 Å². The monoisotopic (exact) mass is 487 g/mol. The van der Waals surface area contributed by atoms with Crippen LogP contribution in [0.3, 0.4) is 0 Å². The highest BCUT2D eigenvalue weighted by atomic mass is 32.1. The molecule has 0 saturated carbocycles. The second kappa shape index (κ2) is 10.1. The predicted octanol–water partition coefficient (Wildman–Crippen LogP) is 5.01. The maximum Gasteiger partial charge on any atom is 0.323 e. The van der Waals surface area contributed by atoms with Crippen molar-refractivity contribution in [3.8, 4) is 0 Å². The van der Waals surface area contributed by atoms with Crippen molar-refractivity contribution in [3.63, 3.8) is 0 Å². The number of hydrogen-bond acceptors (Lipinski definition) is 5. The van der Waals surface area contributed by atoms with Crippen LogP contribution in [0.4, 0.5) is 21.9 Å². The number of fused-ring (bicyclic) bond motifs is 3. The van der Waals surface area contributed by atoms with Crippen molar-refractivity contribution in [1.29, 1.82) is 0 Å². The predicted molar refractivity (Wildman–Crippen MR) is 139 cm³/mol. The summed E-state index contributed by atoms with van der Waals surface area (Å²) in [6.45, 7) is 0.246. The van der Waals surface area contributed by atoms with Crippen molar-refractivity contribution in [1.82, 2.24) is 9.55 Å². The molecule has 0 fully saturated rings. The second-order valence-electron chi connectivity index (χ2n) is 8.46. The molecule has 3 amide bonds. The summed E-state index contributed by atoms with van der Waals surface area (Å²) >= 11 is 1.62. The molecule has 2 heterocycles. The third-order valence-electron chi connectivity index (χ3n) is 5.96. The molecule has 2 aromatic carbocycles. The van der Waals surface area contributed by atoms with Crippen LogP contribution in [-0.2, 0) is 24.2 Å². The summed E-state index contributed by atoms with van der Waals surface area (Å²) in [5.41, 5.74) is 2.86. The Morgan fingerprint density at radius 3 is 2.46 bits per heavy atom. The first-order valence-corrected chi connectivity index (χ1v) is 12.4. The van der Waals surface area contributed by atoms with E-state index in [-0.39, 0.29) is 30.5 Å². The quantitative estimate of drug-likeness (QED) is 0.356. The lowest BCUT2D eigenvalue weighted by atomic mass is 9.97. The Labute approximate surface area is 206 Å². The normalized spacial score (nSPS) is 12.7. The number of thiophene rings is 1. The van der Waals surface area contributed by atoms with Gasteiger partial charge in [-0.1, -0.05) is 24.3 Å². The first-order chi connectivity index (χ1) is 17.1. The molecule has 1 aliphatic rings. The van der Waals surface area contributed by atoms with E-state index < -0.39 is 0 Å². The summed E-state index contributed by atoms with van der Waals surface area (Å²) in [6, 6.07) is 15.7. The van der Waals surface area contributed by atoms with Crippen LogP contribution < -0.4 is 21.5 Å². The van der Waals surface area contributed by atoms with Gasteiger partial charge >= 0.3 is 6.03 Å². The van der Waals surface area contributed by atoms with E-state index in [2.05, 4.69) is 20.9 Å². The molecule has 0 unspecified atom stereocenters. The number of amides is 3. The van der Waals surface area contributed by atoms with Crippen molar-refractivity contribution in [2.75, 3.05) is 16.0 Å². The van der Waals surface area contributed by atoms with Crippen LogP contribution in [-0.4, -0.2) is 21.5 Å². The largest absolute Gasteiger partial charge is 0.326 e. The van der Waals surface area contributed by atoms with Crippen molar-refractivity contribution in [2.24, 2.45) is 0 Å². The third kappa shape index (κ3) is 5.25. The maximum absolute atomic E-state index is 13.1. The number of aromatic nitrogens is 2. The van der Waals surface area contributed by atoms with E-state index in [1.165, 1.54) is 15.8 Å². The molecule has 0 bridgehead atoms. The summed E-state index contributed by atoms with van der Waals surface area (Å²) in [7, 11) is 0. The van der Waals surface area contributed by atoms with Gasteiger partial charge in [0, 0.05) is 34.9 Å². The zero-order valence-corrected chi connectivity index (χ0v) is 19.9. The van der Waals surface area contributed by atoms with Gasteiger partial charge < -0.3 is 16.0 Å². The van der Waals surface area contributed by atoms with Crippen molar-refractivity contribution in [2.45, 2.75) is 38.6 Å². The molecule has 4 aromatic rings. The van der Waals surface area contributed by atoms with Gasteiger partial charge in [-0.2, -0.15) is 0 Å². The van der Waals surface area contributed by atoms with Gasteiger partial charge in [0.1, 0.15) is 4.83 Å². The Balaban J connectivity index is 1.20. The van der Waals surface area contributed by atoms with Gasteiger partial charge in [0.2, 0.25) is 5.91 Å². The summed E-state index contributed by atoms with van der Waals surface area (Å²) in [6.07, 6.45) is 5.85. The zero-order valence-electron chi connectivity index (χ0n) is 19.0. The van der Waals surface area contributed by atoms with E-state index in [1.54, 1.807) is 47.7 Å². The third-order valence-corrected chi connectivity index (χ3v) is 7.16. The van der Waals surface area contributed by atoms with E-state index in [9.17, 15) is 14.4 Å². The molecule has 178 valence electrons. The molecule has 2 aromatic heterocycles. The lowest BCUT2D eigenvalue weighted by Crippen LogP contribution is -2.24. The number of aryl methyl sites for hydroxylation is 3. The number of rotatable bonds is 6. The van der Waals surface area contributed by atoms with Crippen LogP contribution in [0.5, 0.6) is 0 Å². The molecule has 5 rings (SSSR count). The minimum atomic E-state index is -0.377. The van der Waals surface area contributed by atoms with Gasteiger partial charge in [-0.05, 0) is 61.6 Å². The standard InChI is InChI=1S/C26H25N5O3S/c32-22(13-14-31-16-27-24-23(25(31)33)20-11-4-5-12-21(20)35-24)28-18-9-6-10-19(15-18)30-26(34)29-17-7-2-1-3-8-17/h1-3,6-10,15-16H,4-5,11-14H2,(H,28,32)(H2,29,30,34). The Morgan fingerprint density at radius 2 is 1.63 bits per heavy atom. The molecule has 0 saturated heterocycles. The highest BCUT2D eigenvalue weighted by Crippen LogP contribution is 2.33. The fraction of sp³-hybridized carbons (Fsp3) is 0.231. The first kappa shape index (κ1) is 22.8. The maximum atomic E-state index is 13.1. The molecule has 0 aliphatic heterocycles. The number of carbonyl (C=O) groups excluding carboxylic acids is 2. The Morgan fingerprint density at radius 1 is 0.914 bits per heavy atom. The van der Waals surface area contributed by atoms with Crippen molar-refractivity contribution < 1.29 is 9.59 Å². The number of benzene rings is 2.